The minimum atomic E-state index is -0.228. The Hall–Kier alpha value is -4.42. The maximum atomic E-state index is 14.1. The van der Waals surface area contributed by atoms with Crippen molar-refractivity contribution in [3.8, 4) is 0 Å². The van der Waals surface area contributed by atoms with Crippen LogP contribution in [0.2, 0.25) is 0 Å². The number of aliphatic imine (C=N–C) groups is 2. The van der Waals surface area contributed by atoms with Crippen LogP contribution >= 0.6 is 23.5 Å². The first-order valence-electron chi connectivity index (χ1n) is 18.0. The fourth-order valence-electron chi connectivity index (χ4n) is 5.87. The lowest BCUT2D eigenvalue weighted by molar-refractivity contribution is -0.117. The van der Waals surface area contributed by atoms with Crippen LogP contribution in [0, 0.1) is 0 Å². The fraction of sp³-hybridized carbons (Fsp3) is 0.429. The van der Waals surface area contributed by atoms with E-state index < -0.39 is 0 Å². The van der Waals surface area contributed by atoms with Gasteiger partial charge in [-0.2, -0.15) is 0 Å². The van der Waals surface area contributed by atoms with Gasteiger partial charge in [0.25, 0.3) is 0 Å². The number of ketones is 4. The lowest BCUT2D eigenvalue weighted by Gasteiger charge is -2.24. The first-order valence-corrected chi connectivity index (χ1v) is 20.0. The number of rotatable bonds is 18. The van der Waals surface area contributed by atoms with Gasteiger partial charge in [-0.3, -0.25) is 29.2 Å². The lowest BCUT2D eigenvalue weighted by Crippen LogP contribution is -2.23. The minimum Gasteiger partial charge on any atom is -0.370 e. The molecule has 0 saturated carbocycles. The molecule has 0 heterocycles. The van der Waals surface area contributed by atoms with Crippen molar-refractivity contribution in [3.05, 3.63) is 93.0 Å². The number of carbonyl (C=O) groups excluding carboxylic acids is 4. The van der Waals surface area contributed by atoms with Crippen molar-refractivity contribution < 1.29 is 19.2 Å². The number of thioether (sulfide) groups is 2. The van der Waals surface area contributed by atoms with E-state index in [1.165, 1.54) is 23.5 Å². The molecule has 0 amide bonds. The second-order valence-corrected chi connectivity index (χ2v) is 17.8. The summed E-state index contributed by atoms with van der Waals surface area (Å²) < 4.78 is 0. The van der Waals surface area contributed by atoms with Crippen LogP contribution in [0.1, 0.15) is 109 Å². The first-order chi connectivity index (χ1) is 25.1. The van der Waals surface area contributed by atoms with Crippen molar-refractivity contribution in [1.29, 1.82) is 0 Å². The monoisotopic (exact) mass is 772 g/mol. The van der Waals surface area contributed by atoms with Crippen molar-refractivity contribution >= 4 is 58.6 Å². The van der Waals surface area contributed by atoms with Crippen molar-refractivity contribution in [2.45, 2.75) is 102 Å². The van der Waals surface area contributed by atoms with Crippen LogP contribution in [-0.2, 0) is 46.1 Å². The minimum absolute atomic E-state index is 0.00343. The molecular weight excluding hydrogens is 717 g/mol. The molecule has 0 radical (unpaired) electrons. The van der Waals surface area contributed by atoms with E-state index in [-0.39, 0.29) is 71.6 Å². The summed E-state index contributed by atoms with van der Waals surface area (Å²) in [5.74, 6) is 0.867. The summed E-state index contributed by atoms with van der Waals surface area (Å²) in [5, 5.41) is 0. The van der Waals surface area contributed by atoms with Gasteiger partial charge in [0.15, 0.2) is 23.5 Å². The summed E-state index contributed by atoms with van der Waals surface area (Å²) in [6, 6.07) is 15.1. The molecule has 0 aliphatic heterocycles. The highest BCUT2D eigenvalue weighted by molar-refractivity contribution is 7.99. The molecule has 0 atom stereocenters. The number of benzene rings is 3. The Labute approximate surface area is 328 Å². The molecule has 0 spiro atoms. The van der Waals surface area contributed by atoms with E-state index in [4.69, 9.17) is 22.9 Å². The van der Waals surface area contributed by atoms with Crippen LogP contribution in [0.3, 0.4) is 0 Å². The van der Waals surface area contributed by atoms with Gasteiger partial charge in [-0.1, -0.05) is 84.0 Å². The predicted octanol–water partition coefficient (Wildman–Crippen LogP) is 6.13. The van der Waals surface area contributed by atoms with Crippen LogP contribution < -0.4 is 22.9 Å². The molecule has 3 rings (SSSR count). The standard InChI is InChI=1S/C42H56N6O4S2/c1-25(49)16-29-19-33(41(3,4)5)21-31(37(29)53-14-12-47-39(43)44)23-35(51)27-10-9-11-28(18-27)36(52)24-32-22-34(42(6,7)8)20-30(17-26(2)50)38(32)54-15-13-48-40(45)46/h9-11,18-22H,12-17,23-24H2,1-8H3,(H4,43,44,47)(H4,45,46,48). The van der Waals surface area contributed by atoms with Crippen LogP contribution in [0.4, 0.5) is 0 Å². The SMILES string of the molecule is CC(=O)Cc1cc(C(C)(C)C)cc(CC(=O)c2cccc(C(=O)Cc3cc(C(C)(C)C)cc(CC(C)=O)c3SCCN=C(N)N)c2)c1SCCN=C(N)N. The van der Waals surface area contributed by atoms with Crippen molar-refractivity contribution in [1.82, 2.24) is 0 Å². The Morgan fingerprint density at radius 3 is 1.19 bits per heavy atom. The van der Waals surface area contributed by atoms with E-state index in [0.717, 1.165) is 43.2 Å². The van der Waals surface area contributed by atoms with E-state index in [1.54, 1.807) is 38.1 Å². The third kappa shape index (κ3) is 13.5. The Morgan fingerprint density at radius 1 is 0.556 bits per heavy atom. The van der Waals surface area contributed by atoms with Crippen LogP contribution in [-0.4, -0.2) is 59.6 Å². The van der Waals surface area contributed by atoms with Crippen LogP contribution in [0.25, 0.3) is 0 Å². The predicted molar refractivity (Wildman–Crippen MR) is 224 cm³/mol. The van der Waals surface area contributed by atoms with E-state index in [9.17, 15) is 19.2 Å². The largest absolute Gasteiger partial charge is 0.370 e. The highest BCUT2D eigenvalue weighted by atomic mass is 32.2. The Morgan fingerprint density at radius 2 is 0.889 bits per heavy atom. The highest BCUT2D eigenvalue weighted by Gasteiger charge is 2.24. The van der Waals surface area contributed by atoms with E-state index >= 15 is 0 Å². The quantitative estimate of drug-likeness (QED) is 0.0384. The number of hydrogen-bond acceptors (Lipinski definition) is 8. The second kappa shape index (κ2) is 19.3. The third-order valence-corrected chi connectivity index (χ3v) is 11.0. The summed E-state index contributed by atoms with van der Waals surface area (Å²) in [4.78, 5) is 62.8. The molecule has 0 saturated heterocycles. The maximum absolute atomic E-state index is 14.1. The highest BCUT2D eigenvalue weighted by Crippen LogP contribution is 2.36. The van der Waals surface area contributed by atoms with Crippen LogP contribution in [0.5, 0.6) is 0 Å². The second-order valence-electron chi connectivity index (χ2n) is 15.6. The Kier molecular flexibility index (Phi) is 15.7. The molecule has 0 aliphatic carbocycles. The van der Waals surface area contributed by atoms with Gasteiger partial charge in [-0.25, -0.2) is 0 Å². The molecule has 54 heavy (non-hydrogen) atoms. The van der Waals surface area contributed by atoms with Gasteiger partial charge < -0.3 is 22.9 Å². The van der Waals surface area contributed by atoms with Gasteiger partial charge in [-0.05, 0) is 64.1 Å². The molecule has 0 aliphatic rings. The van der Waals surface area contributed by atoms with Gasteiger partial charge in [-0.15, -0.1) is 23.5 Å². The Bertz CT molecular complexity index is 1800. The topological polar surface area (TPSA) is 197 Å². The van der Waals surface area contributed by atoms with E-state index in [1.807, 2.05) is 12.1 Å². The summed E-state index contributed by atoms with van der Waals surface area (Å²) >= 11 is 3.04. The fourth-order valence-corrected chi connectivity index (χ4v) is 7.91. The molecule has 0 bridgehead atoms. The molecule has 0 aromatic heterocycles. The number of carbonyl (C=O) groups is 4. The zero-order valence-electron chi connectivity index (χ0n) is 32.9. The molecule has 3 aromatic rings. The Balaban J connectivity index is 2.03. The van der Waals surface area contributed by atoms with Gasteiger partial charge in [0, 0.05) is 58.1 Å². The normalized spacial score (nSPS) is 11.6. The zero-order valence-corrected chi connectivity index (χ0v) is 34.6. The van der Waals surface area contributed by atoms with E-state index in [0.29, 0.717) is 35.7 Å². The number of nitrogens with zero attached hydrogens (tertiary/aromatic N) is 2. The summed E-state index contributed by atoms with van der Waals surface area (Å²) in [5.41, 5.74) is 27.9. The molecule has 3 aromatic carbocycles. The lowest BCUT2D eigenvalue weighted by atomic mass is 9.83. The number of nitrogens with two attached hydrogens (primary N) is 4. The van der Waals surface area contributed by atoms with Gasteiger partial charge >= 0.3 is 0 Å². The summed E-state index contributed by atoms with van der Waals surface area (Å²) in [6.07, 6.45) is 0.628. The number of guanidine groups is 2. The summed E-state index contributed by atoms with van der Waals surface area (Å²) in [6.45, 7) is 16.5. The molecule has 8 N–H and O–H groups in total. The molecular formula is C42H56N6O4S2. The third-order valence-electron chi connectivity index (χ3n) is 8.57. The van der Waals surface area contributed by atoms with Crippen molar-refractivity contribution in [3.63, 3.8) is 0 Å². The number of Topliss-reactive ketones (excluding diaryl/α,β-unsaturated/α-hetero) is 4. The maximum Gasteiger partial charge on any atom is 0.185 e. The molecule has 290 valence electrons. The van der Waals surface area contributed by atoms with Crippen molar-refractivity contribution in [2.75, 3.05) is 24.6 Å². The average molecular weight is 773 g/mol. The van der Waals surface area contributed by atoms with Gasteiger partial charge in [0.2, 0.25) is 0 Å². The summed E-state index contributed by atoms with van der Waals surface area (Å²) in [7, 11) is 0. The first kappa shape index (κ1) is 44.0. The van der Waals surface area contributed by atoms with Gasteiger partial charge in [0.1, 0.15) is 11.6 Å². The molecule has 0 fully saturated rings. The molecule has 10 nitrogen and oxygen atoms in total. The van der Waals surface area contributed by atoms with Crippen molar-refractivity contribution in [2.24, 2.45) is 32.9 Å². The zero-order chi connectivity index (χ0) is 40.4. The van der Waals surface area contributed by atoms with Crippen LogP contribution in [0.15, 0.2) is 68.3 Å². The van der Waals surface area contributed by atoms with E-state index in [2.05, 4.69) is 63.7 Å². The molecule has 0 unspecified atom stereocenters. The number of hydrogen-bond donors (Lipinski definition) is 4. The molecule has 12 heteroatoms. The van der Waals surface area contributed by atoms with Gasteiger partial charge in [0.05, 0.1) is 13.1 Å². The average Bonchev–Trinajstić information content (AvgIpc) is 3.04. The smallest absolute Gasteiger partial charge is 0.185 e.